The molecule has 0 radical (unpaired) electrons. The summed E-state index contributed by atoms with van der Waals surface area (Å²) in [4.78, 5) is 9.18. The SMILES string of the molecule is COCC(COC)c1cnn2c(Nc3c(C)cc(OC)cc3C)nc(C)nc12. The van der Waals surface area contributed by atoms with Crippen molar-refractivity contribution in [3.05, 3.63) is 40.8 Å². The largest absolute Gasteiger partial charge is 0.497 e. The molecular weight excluding hydrogens is 358 g/mol. The van der Waals surface area contributed by atoms with Gasteiger partial charge in [0, 0.05) is 31.4 Å². The smallest absolute Gasteiger partial charge is 0.232 e. The fourth-order valence-electron chi connectivity index (χ4n) is 3.35. The number of fused-ring (bicyclic) bond motifs is 1. The van der Waals surface area contributed by atoms with Crippen LogP contribution in [0.1, 0.15) is 28.4 Å². The van der Waals surface area contributed by atoms with Crippen LogP contribution >= 0.6 is 0 Å². The highest BCUT2D eigenvalue weighted by Gasteiger charge is 2.20. The number of nitrogens with zero attached hydrogens (tertiary/aromatic N) is 4. The molecule has 3 rings (SSSR count). The molecule has 1 aromatic carbocycles. The minimum Gasteiger partial charge on any atom is -0.497 e. The monoisotopic (exact) mass is 385 g/mol. The second kappa shape index (κ2) is 8.53. The first-order chi connectivity index (χ1) is 13.5. The van der Waals surface area contributed by atoms with Gasteiger partial charge >= 0.3 is 0 Å². The van der Waals surface area contributed by atoms with Crippen molar-refractivity contribution < 1.29 is 14.2 Å². The van der Waals surface area contributed by atoms with E-state index < -0.39 is 0 Å². The molecule has 1 N–H and O–H groups in total. The highest BCUT2D eigenvalue weighted by atomic mass is 16.5. The van der Waals surface area contributed by atoms with E-state index in [0.29, 0.717) is 25.0 Å². The van der Waals surface area contributed by atoms with Gasteiger partial charge in [-0.1, -0.05) is 0 Å². The normalized spacial score (nSPS) is 11.4. The molecule has 0 fully saturated rings. The summed E-state index contributed by atoms with van der Waals surface area (Å²) in [7, 11) is 5.02. The molecule has 150 valence electrons. The molecule has 0 aliphatic carbocycles. The van der Waals surface area contributed by atoms with E-state index in [4.69, 9.17) is 14.2 Å². The summed E-state index contributed by atoms with van der Waals surface area (Å²) in [5.74, 6) is 2.14. The van der Waals surface area contributed by atoms with E-state index in [0.717, 1.165) is 33.8 Å². The highest BCUT2D eigenvalue weighted by Crippen LogP contribution is 2.29. The summed E-state index contributed by atoms with van der Waals surface area (Å²) in [6.45, 7) is 6.99. The number of rotatable bonds is 8. The van der Waals surface area contributed by atoms with Crippen molar-refractivity contribution >= 4 is 17.3 Å². The van der Waals surface area contributed by atoms with Gasteiger partial charge < -0.3 is 19.5 Å². The number of hydrogen-bond donors (Lipinski definition) is 1. The maximum Gasteiger partial charge on any atom is 0.232 e. The summed E-state index contributed by atoms with van der Waals surface area (Å²) < 4.78 is 17.8. The molecule has 8 heteroatoms. The van der Waals surface area contributed by atoms with Crippen LogP contribution in [-0.4, -0.2) is 54.1 Å². The maximum absolute atomic E-state index is 5.35. The van der Waals surface area contributed by atoms with E-state index in [2.05, 4.69) is 20.4 Å². The van der Waals surface area contributed by atoms with Crippen molar-refractivity contribution in [2.75, 3.05) is 39.9 Å². The Kier molecular flexibility index (Phi) is 6.11. The van der Waals surface area contributed by atoms with Crippen LogP contribution in [-0.2, 0) is 9.47 Å². The molecule has 0 unspecified atom stereocenters. The third-order valence-corrected chi connectivity index (χ3v) is 4.66. The highest BCUT2D eigenvalue weighted by molar-refractivity contribution is 5.66. The van der Waals surface area contributed by atoms with Crippen molar-refractivity contribution in [2.45, 2.75) is 26.7 Å². The van der Waals surface area contributed by atoms with Crippen LogP contribution in [0.25, 0.3) is 5.65 Å². The van der Waals surface area contributed by atoms with E-state index in [1.165, 1.54) is 0 Å². The quantitative estimate of drug-likeness (QED) is 0.638. The zero-order valence-corrected chi connectivity index (χ0v) is 17.2. The average Bonchev–Trinajstić information content (AvgIpc) is 3.07. The fraction of sp³-hybridized carbons (Fsp3) is 0.450. The number of aryl methyl sites for hydroxylation is 3. The van der Waals surface area contributed by atoms with Crippen molar-refractivity contribution in [2.24, 2.45) is 0 Å². The Bertz CT molecular complexity index is 941. The molecule has 0 spiro atoms. The van der Waals surface area contributed by atoms with Gasteiger partial charge in [0.2, 0.25) is 5.95 Å². The molecule has 2 heterocycles. The molecule has 3 aromatic rings. The molecule has 0 amide bonds. The Morgan fingerprint density at radius 2 is 1.64 bits per heavy atom. The Labute approximate surface area is 164 Å². The lowest BCUT2D eigenvalue weighted by Crippen LogP contribution is -2.13. The van der Waals surface area contributed by atoms with Gasteiger partial charge in [-0.05, 0) is 44.0 Å². The Morgan fingerprint density at radius 3 is 2.21 bits per heavy atom. The van der Waals surface area contributed by atoms with Gasteiger partial charge in [0.1, 0.15) is 11.6 Å². The van der Waals surface area contributed by atoms with Gasteiger partial charge in [0.25, 0.3) is 0 Å². The molecule has 0 aliphatic heterocycles. The molecule has 0 bridgehead atoms. The van der Waals surface area contributed by atoms with E-state index in [9.17, 15) is 0 Å². The average molecular weight is 385 g/mol. The van der Waals surface area contributed by atoms with Gasteiger partial charge in [0.15, 0.2) is 5.65 Å². The van der Waals surface area contributed by atoms with Crippen LogP contribution in [0.4, 0.5) is 11.6 Å². The summed E-state index contributed by atoms with van der Waals surface area (Å²) in [5.41, 5.74) is 4.82. The molecule has 0 aliphatic rings. The second-order valence-corrected chi connectivity index (χ2v) is 6.80. The third kappa shape index (κ3) is 3.93. The number of benzene rings is 1. The first kappa shape index (κ1) is 20.0. The minimum absolute atomic E-state index is 0.0408. The molecule has 0 atom stereocenters. The Balaban J connectivity index is 2.06. The lowest BCUT2D eigenvalue weighted by molar-refractivity contribution is 0.117. The predicted molar refractivity (Wildman–Crippen MR) is 108 cm³/mol. The van der Waals surface area contributed by atoms with Gasteiger partial charge in [-0.3, -0.25) is 0 Å². The van der Waals surface area contributed by atoms with Crippen molar-refractivity contribution in [3.63, 3.8) is 0 Å². The molecule has 2 aromatic heterocycles. The summed E-state index contributed by atoms with van der Waals surface area (Å²) in [5, 5.41) is 7.95. The number of anilines is 2. The molecule has 0 saturated carbocycles. The van der Waals surface area contributed by atoms with Crippen LogP contribution in [0.5, 0.6) is 5.75 Å². The van der Waals surface area contributed by atoms with E-state index >= 15 is 0 Å². The lowest BCUT2D eigenvalue weighted by atomic mass is 10.0. The van der Waals surface area contributed by atoms with Gasteiger partial charge in [-0.2, -0.15) is 14.6 Å². The van der Waals surface area contributed by atoms with Crippen LogP contribution in [0.2, 0.25) is 0 Å². The molecule has 28 heavy (non-hydrogen) atoms. The standard InChI is InChI=1S/C20H27N5O3/c1-12-7-16(28-6)8-13(2)18(12)24-20-23-14(3)22-19-17(9-21-25(19)20)15(10-26-4)11-27-5/h7-9,15H,10-11H2,1-6H3,(H,22,23,24). The number of ether oxygens (including phenoxy) is 3. The Morgan fingerprint density at radius 1 is 1.00 bits per heavy atom. The lowest BCUT2D eigenvalue weighted by Gasteiger charge is -2.16. The van der Waals surface area contributed by atoms with Crippen molar-refractivity contribution in [3.8, 4) is 5.75 Å². The number of aromatic nitrogens is 4. The number of nitrogens with one attached hydrogen (secondary N) is 1. The third-order valence-electron chi connectivity index (χ3n) is 4.66. The van der Waals surface area contributed by atoms with E-state index in [1.54, 1.807) is 25.8 Å². The minimum atomic E-state index is 0.0408. The van der Waals surface area contributed by atoms with Gasteiger partial charge in [-0.25, -0.2) is 4.98 Å². The number of methoxy groups -OCH3 is 3. The fourth-order valence-corrected chi connectivity index (χ4v) is 3.35. The van der Waals surface area contributed by atoms with Gasteiger partial charge in [0.05, 0.1) is 26.5 Å². The first-order valence-corrected chi connectivity index (χ1v) is 9.10. The van der Waals surface area contributed by atoms with Crippen LogP contribution in [0.15, 0.2) is 18.3 Å². The van der Waals surface area contributed by atoms with Crippen molar-refractivity contribution in [1.29, 1.82) is 0 Å². The van der Waals surface area contributed by atoms with E-state index in [1.807, 2.05) is 39.1 Å². The summed E-state index contributed by atoms with van der Waals surface area (Å²) in [6.07, 6.45) is 1.81. The van der Waals surface area contributed by atoms with Crippen LogP contribution in [0, 0.1) is 20.8 Å². The van der Waals surface area contributed by atoms with Crippen LogP contribution < -0.4 is 10.1 Å². The van der Waals surface area contributed by atoms with E-state index in [-0.39, 0.29) is 5.92 Å². The number of hydrogen-bond acceptors (Lipinski definition) is 7. The summed E-state index contributed by atoms with van der Waals surface area (Å²) >= 11 is 0. The molecule has 8 nitrogen and oxygen atoms in total. The van der Waals surface area contributed by atoms with Crippen molar-refractivity contribution in [1.82, 2.24) is 19.6 Å². The second-order valence-electron chi connectivity index (χ2n) is 6.80. The van der Waals surface area contributed by atoms with Gasteiger partial charge in [-0.15, -0.1) is 0 Å². The zero-order valence-electron chi connectivity index (χ0n) is 17.2. The topological polar surface area (TPSA) is 82.8 Å². The first-order valence-electron chi connectivity index (χ1n) is 9.10. The molecule has 0 saturated heterocycles. The molecular formula is C20H27N5O3. The maximum atomic E-state index is 5.35. The predicted octanol–water partition coefficient (Wildman–Crippen LogP) is 3.18. The Hall–Kier alpha value is -2.71. The summed E-state index contributed by atoms with van der Waals surface area (Å²) in [6, 6.07) is 3.98. The van der Waals surface area contributed by atoms with Crippen LogP contribution in [0.3, 0.4) is 0 Å². The zero-order chi connectivity index (χ0) is 20.3.